The number of nitrogens with zero attached hydrogens (tertiary/aromatic N) is 1. The van der Waals surface area contributed by atoms with Crippen molar-refractivity contribution >= 4 is 5.97 Å². The van der Waals surface area contributed by atoms with E-state index in [1.54, 1.807) is 0 Å². The van der Waals surface area contributed by atoms with E-state index in [-0.39, 0.29) is 13.1 Å². The number of aliphatic carboxylic acids is 1. The van der Waals surface area contributed by atoms with Gasteiger partial charge in [0.25, 0.3) is 0 Å². The third kappa shape index (κ3) is 3.87. The molecule has 0 saturated heterocycles. The molecule has 0 aliphatic carbocycles. The van der Waals surface area contributed by atoms with Crippen molar-refractivity contribution in [1.82, 2.24) is 5.32 Å². The summed E-state index contributed by atoms with van der Waals surface area (Å²) in [5.41, 5.74) is -1.12. The van der Waals surface area contributed by atoms with Gasteiger partial charge in [0.2, 0.25) is 5.54 Å². The molecule has 6 heteroatoms. The van der Waals surface area contributed by atoms with Crippen LogP contribution in [-0.4, -0.2) is 34.6 Å². The van der Waals surface area contributed by atoms with Gasteiger partial charge in [-0.05, 0) is 0 Å². The minimum atomic E-state index is -1.12. The van der Waals surface area contributed by atoms with Crippen LogP contribution in [0.2, 0.25) is 0 Å². The summed E-state index contributed by atoms with van der Waals surface area (Å²) in [7, 11) is 0. The quantitative estimate of drug-likeness (QED) is 0.443. The Morgan fingerprint density at radius 3 is 2.50 bits per heavy atom. The van der Waals surface area contributed by atoms with E-state index in [0.717, 1.165) is 0 Å². The van der Waals surface area contributed by atoms with Crippen molar-refractivity contribution < 1.29 is 14.8 Å². The average Bonchev–Trinajstić information content (AvgIpc) is 1.85. The summed E-state index contributed by atoms with van der Waals surface area (Å²) in [5, 5.41) is 21.0. The third-order valence-corrected chi connectivity index (χ3v) is 1.33. The highest BCUT2D eigenvalue weighted by molar-refractivity contribution is 5.68. The van der Waals surface area contributed by atoms with Crippen molar-refractivity contribution in [2.45, 2.75) is 19.4 Å². The second-order valence-electron chi connectivity index (χ2n) is 3.07. The Morgan fingerprint density at radius 2 is 2.17 bits per heavy atom. The van der Waals surface area contributed by atoms with Gasteiger partial charge in [-0.15, -0.1) is 0 Å². The van der Waals surface area contributed by atoms with Gasteiger partial charge in [-0.1, -0.05) is 0 Å². The van der Waals surface area contributed by atoms with Gasteiger partial charge in [0.1, 0.15) is 0 Å². The Hall–Kier alpha value is -1.17. The Balaban J connectivity index is 3.76. The largest absolute Gasteiger partial charge is 0.480 e. The number of hydrogen-bond donors (Lipinski definition) is 2. The zero-order valence-electron chi connectivity index (χ0n) is 7.03. The topological polar surface area (TPSA) is 92.5 Å². The van der Waals surface area contributed by atoms with E-state index in [1.807, 2.05) is 0 Å². The smallest absolute Gasteiger partial charge is 0.317 e. The van der Waals surface area contributed by atoms with Crippen LogP contribution in [-0.2, 0) is 4.79 Å². The van der Waals surface area contributed by atoms with Crippen LogP contribution in [0, 0.1) is 10.1 Å². The van der Waals surface area contributed by atoms with Gasteiger partial charge in [-0.3, -0.25) is 14.9 Å². The summed E-state index contributed by atoms with van der Waals surface area (Å²) in [5.74, 6) is -1.02. The van der Waals surface area contributed by atoms with Crippen molar-refractivity contribution in [3.8, 4) is 0 Å². The van der Waals surface area contributed by atoms with Crippen LogP contribution in [0.5, 0.6) is 0 Å². The molecule has 0 aliphatic rings. The average molecular weight is 176 g/mol. The number of carboxylic acids is 1. The van der Waals surface area contributed by atoms with Gasteiger partial charge in [-0.25, -0.2) is 0 Å². The number of nitro groups is 1. The van der Waals surface area contributed by atoms with Crippen LogP contribution in [0.3, 0.4) is 0 Å². The van der Waals surface area contributed by atoms with Crippen molar-refractivity contribution in [1.29, 1.82) is 0 Å². The molecule has 0 aromatic rings. The molecular weight excluding hydrogens is 164 g/mol. The predicted octanol–water partition coefficient (Wildman–Crippen LogP) is -0.284. The summed E-state index contributed by atoms with van der Waals surface area (Å²) < 4.78 is 0. The number of carbonyl (C=O) groups is 1. The number of rotatable bonds is 5. The van der Waals surface area contributed by atoms with Crippen LogP contribution in [0.4, 0.5) is 0 Å². The van der Waals surface area contributed by atoms with Gasteiger partial charge in [0.15, 0.2) is 0 Å². The molecule has 0 amide bonds. The number of hydrogen-bond acceptors (Lipinski definition) is 4. The molecule has 12 heavy (non-hydrogen) atoms. The maximum absolute atomic E-state index is 10.3. The van der Waals surface area contributed by atoms with E-state index >= 15 is 0 Å². The highest BCUT2D eigenvalue weighted by atomic mass is 16.6. The number of carboxylic acid groups (broad SMARTS) is 1. The Morgan fingerprint density at radius 1 is 1.67 bits per heavy atom. The van der Waals surface area contributed by atoms with E-state index < -0.39 is 16.4 Å². The van der Waals surface area contributed by atoms with Crippen molar-refractivity contribution in [2.75, 3.05) is 13.1 Å². The summed E-state index contributed by atoms with van der Waals surface area (Å²) in [6, 6.07) is 0. The van der Waals surface area contributed by atoms with E-state index in [9.17, 15) is 14.9 Å². The van der Waals surface area contributed by atoms with E-state index in [0.29, 0.717) is 0 Å². The molecule has 0 radical (unpaired) electrons. The summed E-state index contributed by atoms with van der Waals surface area (Å²) in [4.78, 5) is 19.9. The van der Waals surface area contributed by atoms with Crippen LogP contribution in [0.1, 0.15) is 13.8 Å². The van der Waals surface area contributed by atoms with Gasteiger partial charge in [-0.2, -0.15) is 0 Å². The molecule has 0 heterocycles. The summed E-state index contributed by atoms with van der Waals surface area (Å²) in [6.07, 6.45) is 0. The first-order chi connectivity index (χ1) is 5.36. The molecule has 70 valence electrons. The van der Waals surface area contributed by atoms with Gasteiger partial charge < -0.3 is 10.4 Å². The monoisotopic (exact) mass is 176 g/mol. The normalized spacial score (nSPS) is 11.2. The molecule has 0 spiro atoms. The van der Waals surface area contributed by atoms with E-state index in [2.05, 4.69) is 5.32 Å². The molecular formula is C6H12N2O4. The van der Waals surface area contributed by atoms with Gasteiger partial charge >= 0.3 is 5.97 Å². The molecule has 0 aromatic heterocycles. The summed E-state index contributed by atoms with van der Waals surface area (Å²) >= 11 is 0. The van der Waals surface area contributed by atoms with Crippen molar-refractivity contribution in [3.05, 3.63) is 10.1 Å². The van der Waals surface area contributed by atoms with Crippen LogP contribution in [0.25, 0.3) is 0 Å². The van der Waals surface area contributed by atoms with Crippen LogP contribution < -0.4 is 5.32 Å². The Bertz CT molecular complexity index is 190. The molecule has 0 saturated carbocycles. The highest BCUT2D eigenvalue weighted by Crippen LogP contribution is 2.04. The first-order valence-electron chi connectivity index (χ1n) is 3.43. The van der Waals surface area contributed by atoms with Crippen LogP contribution in [0.15, 0.2) is 0 Å². The first kappa shape index (κ1) is 10.8. The van der Waals surface area contributed by atoms with E-state index in [1.165, 1.54) is 13.8 Å². The molecule has 0 bridgehead atoms. The lowest BCUT2D eigenvalue weighted by molar-refractivity contribution is -0.558. The lowest BCUT2D eigenvalue weighted by Gasteiger charge is -2.14. The SMILES string of the molecule is CC(C)(CNCC(=O)O)[N+](=O)[O-]. The fourth-order valence-electron chi connectivity index (χ4n) is 0.540. The molecule has 2 N–H and O–H groups in total. The molecule has 0 rings (SSSR count). The maximum Gasteiger partial charge on any atom is 0.317 e. The molecule has 0 unspecified atom stereocenters. The molecule has 0 atom stereocenters. The fourth-order valence-corrected chi connectivity index (χ4v) is 0.540. The first-order valence-corrected chi connectivity index (χ1v) is 3.43. The zero-order valence-corrected chi connectivity index (χ0v) is 7.03. The lowest BCUT2D eigenvalue weighted by Crippen LogP contribution is -2.43. The van der Waals surface area contributed by atoms with E-state index in [4.69, 9.17) is 5.11 Å². The van der Waals surface area contributed by atoms with Crippen molar-refractivity contribution in [3.63, 3.8) is 0 Å². The number of nitrogens with one attached hydrogen (secondary N) is 1. The highest BCUT2D eigenvalue weighted by Gasteiger charge is 2.29. The molecule has 0 aromatic carbocycles. The Labute approximate surface area is 69.7 Å². The zero-order chi connectivity index (χ0) is 9.78. The minimum Gasteiger partial charge on any atom is -0.480 e. The van der Waals surface area contributed by atoms with Gasteiger partial charge in [0.05, 0.1) is 13.1 Å². The maximum atomic E-state index is 10.3. The molecule has 0 fully saturated rings. The molecule has 6 nitrogen and oxygen atoms in total. The predicted molar refractivity (Wildman–Crippen MR) is 41.6 cm³/mol. The second kappa shape index (κ2) is 4.01. The van der Waals surface area contributed by atoms with Crippen LogP contribution >= 0.6 is 0 Å². The minimum absolute atomic E-state index is 0.0479. The fraction of sp³-hybridized carbons (Fsp3) is 0.833. The molecule has 0 aliphatic heterocycles. The summed E-state index contributed by atoms with van der Waals surface area (Å²) in [6.45, 7) is 2.66. The standard InChI is InChI=1S/C6H12N2O4/c1-6(2,8(11)12)4-7-3-5(9)10/h7H,3-4H2,1-2H3,(H,9,10). The lowest BCUT2D eigenvalue weighted by atomic mass is 10.1. The third-order valence-electron chi connectivity index (χ3n) is 1.33. The van der Waals surface area contributed by atoms with Crippen molar-refractivity contribution in [2.24, 2.45) is 0 Å². The second-order valence-corrected chi connectivity index (χ2v) is 3.07. The van der Waals surface area contributed by atoms with Gasteiger partial charge in [0, 0.05) is 18.8 Å². The Kier molecular flexibility index (Phi) is 3.62.